The van der Waals surface area contributed by atoms with Gasteiger partial charge in [-0.25, -0.2) is 79.2 Å². The maximum absolute atomic E-state index is 11.7. The first-order chi connectivity index (χ1) is 50.3. The molecule has 108 heavy (non-hydrogen) atoms. The van der Waals surface area contributed by atoms with Gasteiger partial charge < -0.3 is 89.0 Å². The topological polar surface area (TPSA) is 689 Å². The van der Waals surface area contributed by atoms with Crippen LogP contribution in [0.25, 0.3) is 33.8 Å². The molecule has 0 unspecified atom stereocenters. The second kappa shape index (κ2) is 34.7. The zero-order chi connectivity index (χ0) is 80.0. The van der Waals surface area contributed by atoms with Gasteiger partial charge in [-0.15, -0.1) is 15.0 Å². The zero-order valence-electron chi connectivity index (χ0n) is 56.7. The molecule has 22 N–H and O–H groups in total. The molecule has 0 spiro atoms. The van der Waals surface area contributed by atoms with Crippen LogP contribution in [0.4, 0.5) is 17.1 Å². The number of nitrogens with two attached hydrogens (primary N) is 9. The molecule has 0 fully saturated rings. The van der Waals surface area contributed by atoms with E-state index in [1.54, 1.807) is 54.6 Å². The molecule has 38 nitrogen and oxygen atoms in total. The Hall–Kier alpha value is -11.7. The first kappa shape index (κ1) is 83.6. The van der Waals surface area contributed by atoms with Crippen LogP contribution in [0.5, 0.6) is 0 Å². The molecule has 0 radical (unpaired) electrons. The Bertz CT molecular complexity index is 5210. The lowest BCUT2D eigenvalue weighted by Crippen LogP contribution is -2.84. The van der Waals surface area contributed by atoms with Crippen molar-refractivity contribution in [3.63, 3.8) is 0 Å². The van der Waals surface area contributed by atoms with Gasteiger partial charge in [0, 0.05) is 83.3 Å². The van der Waals surface area contributed by atoms with E-state index in [1.165, 1.54) is 6.08 Å². The molecule has 6 atom stereocenters. The number of pyridine rings is 3. The van der Waals surface area contributed by atoms with E-state index < -0.39 is 118 Å². The van der Waals surface area contributed by atoms with Crippen LogP contribution in [0.15, 0.2) is 178 Å². The van der Waals surface area contributed by atoms with Crippen molar-refractivity contribution in [1.29, 1.82) is 0 Å². The normalized spacial score (nSPS) is 18.4. The standard InChI is InChI=1S/C22H24N6O6S2.C21H23N7O6S2.C21H22N6O7S2/c1-28-11-3-2-4-18(28)17-9-8-16(26-22(25)27-21(23)24)13-15(17)7-5-14-6-10-19(35(29,30)31)20(12-14)36(32,33)34;1-28-9-3-2-4-17(28)16-8-7-15(26-21(24)27-20(22)23)11-14(16)6-5-13-10-18(35(29,30)31)19(25-12-13)36(32,33)34;1-27-9-3-2-4-17(27)16-8-7-15(25-21(24)26-20(22)23)11-14(16)6-5-13-10-18(35(28,29)30)19(34-12-13)36(31,32)33/h2-4,6,8-9,11,13,19-20H,10,12H2,1H3,(H7,23,24,25,27,29,30,31,32,33,34);2-4,7-9,11-12,18-19H,10H2,1H3,(H8,22,23,24,25,26,27,29,30,31,32,33,34);2-4,7-9,11-12,18-19H,10H2,1H3,(H7,22,23,24,26,28,29,30,31,32,33)/t19-,20+;2*18-,19-/m011/s1. The first-order valence-corrected chi connectivity index (χ1v) is 39.6. The predicted molar refractivity (Wildman–Crippen MR) is 385 cm³/mol. The minimum atomic E-state index is -5.22. The van der Waals surface area contributed by atoms with Gasteiger partial charge >= 0.3 is 17.9 Å². The van der Waals surface area contributed by atoms with E-state index in [0.717, 1.165) is 29.5 Å². The second-order valence-corrected chi connectivity index (χ2v) is 32.7. The fourth-order valence-corrected chi connectivity index (χ4v) is 17.5. The summed E-state index contributed by atoms with van der Waals surface area (Å²) in [7, 11) is -25.2. The lowest BCUT2D eigenvalue weighted by Gasteiger charge is -2.34. The lowest BCUT2D eigenvalue weighted by atomic mass is 9.97. The highest BCUT2D eigenvalue weighted by Gasteiger charge is 2.39. The van der Waals surface area contributed by atoms with Gasteiger partial charge in [0.1, 0.15) is 89.3 Å². The molecule has 3 aromatic heterocycles. The van der Waals surface area contributed by atoms with Gasteiger partial charge in [0.05, 0.1) is 58.9 Å². The summed E-state index contributed by atoms with van der Waals surface area (Å²) in [5.74, 6) is 16.3. The summed E-state index contributed by atoms with van der Waals surface area (Å²) in [6.07, 6.45) is 6.77. The fraction of sp³-hybridized carbons (Fsp3) is 0.203. The molecule has 9 rings (SSSR count). The Morgan fingerprint density at radius 3 is 1.10 bits per heavy atom. The maximum Gasteiger partial charge on any atom is 0.316 e. The number of rotatable bonds is 12. The second-order valence-electron chi connectivity index (χ2n) is 23.4. The first-order valence-electron chi connectivity index (χ1n) is 30.7. The summed E-state index contributed by atoms with van der Waals surface area (Å²) in [6, 6.07) is 31.7. The van der Waals surface area contributed by atoms with Crippen molar-refractivity contribution in [2.24, 2.45) is 87.7 Å². The van der Waals surface area contributed by atoms with Crippen molar-refractivity contribution in [2.75, 3.05) is 0 Å². The largest absolute Gasteiger partial charge is 0.748 e. The average molecular weight is 1600 g/mol. The van der Waals surface area contributed by atoms with Gasteiger partial charge in [-0.1, -0.05) is 41.6 Å². The van der Waals surface area contributed by atoms with Crippen molar-refractivity contribution in [3.05, 3.63) is 180 Å². The summed E-state index contributed by atoms with van der Waals surface area (Å²) < 4.78 is 218. The van der Waals surface area contributed by atoms with Crippen LogP contribution < -0.4 is 85.6 Å². The number of hydrogen-bond acceptors (Lipinski definition) is 23. The molecule has 0 amide bonds. The molecule has 44 heteroatoms. The summed E-state index contributed by atoms with van der Waals surface area (Å²) in [5.41, 5.74) is 54.4. The van der Waals surface area contributed by atoms with Crippen molar-refractivity contribution in [2.45, 2.75) is 57.5 Å². The van der Waals surface area contributed by atoms with Gasteiger partial charge in [0.25, 0.3) is 17.9 Å². The van der Waals surface area contributed by atoms with Gasteiger partial charge in [-0.3, -0.25) is 0 Å². The van der Waals surface area contributed by atoms with Gasteiger partial charge in [0.15, 0.2) is 18.6 Å². The Labute approximate surface area is 620 Å². The number of benzene rings is 3. The number of nitrogens with zero attached hydrogens (tertiary/aromatic N) is 6. The summed E-state index contributed by atoms with van der Waals surface area (Å²) in [5, 5.41) is -7.85. The van der Waals surface area contributed by atoms with Gasteiger partial charge in [-0.2, -0.15) is 0 Å². The summed E-state index contributed by atoms with van der Waals surface area (Å²) in [4.78, 5) is 19.9. The molecule has 0 bridgehead atoms. The van der Waals surface area contributed by atoms with E-state index in [-0.39, 0.29) is 52.5 Å². The van der Waals surface area contributed by atoms with Crippen LogP contribution in [-0.4, -0.2) is 145 Å². The van der Waals surface area contributed by atoms with E-state index in [0.29, 0.717) is 50.4 Å². The summed E-state index contributed by atoms with van der Waals surface area (Å²) >= 11 is 0. The Morgan fingerprint density at radius 2 is 0.769 bits per heavy atom. The summed E-state index contributed by atoms with van der Waals surface area (Å²) in [6.45, 7) is 0. The number of nitrogens with one attached hydrogen (secondary N) is 4. The highest BCUT2D eigenvalue weighted by Crippen LogP contribution is 2.33. The quantitative estimate of drug-likeness (QED) is 0.0178. The third-order valence-corrected chi connectivity index (χ3v) is 22.8. The Kier molecular flexibility index (Phi) is 26.8. The van der Waals surface area contributed by atoms with Crippen LogP contribution in [0.3, 0.4) is 0 Å². The van der Waals surface area contributed by atoms with E-state index >= 15 is 0 Å². The number of ether oxygens (including phenoxy) is 1. The van der Waals surface area contributed by atoms with Crippen LogP contribution >= 0.6 is 0 Å². The van der Waals surface area contributed by atoms with E-state index in [4.69, 9.17) is 56.3 Å². The molecule has 570 valence electrons. The molecule has 3 aliphatic rings. The monoisotopic (exact) mass is 1600 g/mol. The Balaban J connectivity index is 0.000000226. The zero-order valence-corrected chi connectivity index (χ0v) is 61.6. The lowest BCUT2D eigenvalue weighted by molar-refractivity contribution is -0.660. The van der Waals surface area contributed by atoms with Crippen molar-refractivity contribution in [3.8, 4) is 69.3 Å². The van der Waals surface area contributed by atoms with Crippen molar-refractivity contribution in [1.82, 2.24) is 5.32 Å². The number of aliphatic imine (C=N–C) groups is 3. The average Bonchev–Trinajstić information content (AvgIpc) is 0.804. The molecule has 1 aliphatic carbocycles. The molecule has 6 aromatic rings. The molecule has 2 aliphatic heterocycles. The van der Waals surface area contributed by atoms with Crippen molar-refractivity contribution >= 4 is 114 Å². The van der Waals surface area contributed by atoms with Crippen molar-refractivity contribution < 1.29 is 111 Å². The minimum Gasteiger partial charge on any atom is -0.748 e. The van der Waals surface area contributed by atoms with Crippen LogP contribution in [0.1, 0.15) is 42.4 Å². The van der Waals surface area contributed by atoms with E-state index in [9.17, 15) is 77.8 Å². The maximum atomic E-state index is 11.7. The van der Waals surface area contributed by atoms with Crippen LogP contribution in [0, 0.1) is 35.5 Å². The fourth-order valence-electron chi connectivity index (χ4n) is 10.6. The number of hydrogen-bond donors (Lipinski definition) is 13. The number of aromatic nitrogens is 3. The molecule has 3 aromatic carbocycles. The van der Waals surface area contributed by atoms with Gasteiger partial charge in [0.2, 0.25) is 22.5 Å². The Morgan fingerprint density at radius 1 is 0.426 bits per heavy atom. The highest BCUT2D eigenvalue weighted by atomic mass is 32.2. The predicted octanol–water partition coefficient (Wildman–Crippen LogP) is -9.21. The third kappa shape index (κ3) is 23.6. The molecular weight excluding hydrogens is 1530 g/mol. The molecule has 5 heterocycles. The molecule has 0 saturated heterocycles. The third-order valence-electron chi connectivity index (χ3n) is 15.4. The smallest absolute Gasteiger partial charge is 0.316 e. The van der Waals surface area contributed by atoms with E-state index in [1.807, 2.05) is 108 Å². The minimum absolute atomic E-state index is 0.00306. The molecule has 0 saturated carbocycles. The molecular formula is C64H69N19O19S6. The van der Waals surface area contributed by atoms with Gasteiger partial charge in [-0.05, 0) is 91.2 Å². The number of aryl methyl sites for hydroxylation is 3. The number of guanidine groups is 6. The number of allylic oxidation sites excluding steroid dienone is 4. The van der Waals surface area contributed by atoms with E-state index in [2.05, 4.69) is 70.8 Å². The van der Waals surface area contributed by atoms with Crippen LogP contribution in [-0.2, 0) is 86.6 Å². The SMILES string of the molecule is C[n+]1ccccc1-c1ccc(N=C(N)[NH+]=C(N)N)cc1C#CC1=CC[C@H](S(=O)(=O)[O-])[C@H](S(=O)(=O)[O-])C1.C[n+]1ccccc1-c1ccc(N=C(N)[NH+]=C(N)N)cc1C#CC1=CN[C@H](S(=O)(=O)[O-])[C@H](S(=O)(=O)[O-])C1.C[n+]1ccccc1-c1ccc(N=C(N)[NH+]=C(N)N)cc1C#CC1=CO[C@H](S(=O)(=O)[O-])[C@H](S(=O)(=O)[O-])C1. The highest BCUT2D eigenvalue weighted by molar-refractivity contribution is 7.91. The van der Waals surface area contributed by atoms with Crippen LogP contribution in [0.2, 0.25) is 0 Å².